The van der Waals surface area contributed by atoms with Crippen LogP contribution in [0.2, 0.25) is 0 Å². The lowest BCUT2D eigenvalue weighted by Crippen LogP contribution is -2.37. The second kappa shape index (κ2) is 4.48. The van der Waals surface area contributed by atoms with Gasteiger partial charge >= 0.3 is 5.97 Å². The number of ether oxygens (including phenoxy) is 2. The van der Waals surface area contributed by atoms with Crippen molar-refractivity contribution < 1.29 is 19.1 Å². The smallest absolute Gasteiger partial charge is 0.337 e. The molecule has 2 saturated carbocycles. The van der Waals surface area contributed by atoms with Crippen LogP contribution in [0.4, 0.5) is 0 Å². The first-order valence-corrected chi connectivity index (χ1v) is 7.72. The van der Waals surface area contributed by atoms with Crippen molar-refractivity contribution in [3.8, 4) is 5.75 Å². The molecule has 2 aliphatic carbocycles. The molecule has 0 spiro atoms. The van der Waals surface area contributed by atoms with Gasteiger partial charge < -0.3 is 14.8 Å². The normalized spacial score (nSPS) is 33.3. The maximum Gasteiger partial charge on any atom is 0.337 e. The summed E-state index contributed by atoms with van der Waals surface area (Å²) in [6.45, 7) is 2.57. The number of benzene rings is 1. The Labute approximate surface area is 129 Å². The molecule has 3 aliphatic rings. The summed E-state index contributed by atoms with van der Waals surface area (Å²) in [6, 6.07) is 5.33. The summed E-state index contributed by atoms with van der Waals surface area (Å²) in [6.07, 6.45) is 2.03. The van der Waals surface area contributed by atoms with Gasteiger partial charge in [-0.15, -0.1) is 0 Å². The monoisotopic (exact) mass is 301 g/mol. The quantitative estimate of drug-likeness (QED) is 0.862. The van der Waals surface area contributed by atoms with Crippen molar-refractivity contribution in [1.82, 2.24) is 5.32 Å². The topological polar surface area (TPSA) is 64.6 Å². The second-order valence-corrected chi connectivity index (χ2v) is 6.66. The van der Waals surface area contributed by atoms with E-state index < -0.39 is 0 Å². The van der Waals surface area contributed by atoms with Crippen LogP contribution in [0.3, 0.4) is 0 Å². The number of esters is 1. The van der Waals surface area contributed by atoms with Gasteiger partial charge in [0.25, 0.3) is 0 Å². The van der Waals surface area contributed by atoms with Crippen LogP contribution in [0, 0.1) is 11.3 Å². The maximum atomic E-state index is 12.1. The van der Waals surface area contributed by atoms with Crippen molar-refractivity contribution >= 4 is 11.9 Å². The minimum absolute atomic E-state index is 0.00720. The summed E-state index contributed by atoms with van der Waals surface area (Å²) in [4.78, 5) is 23.7. The molecule has 1 heterocycles. The van der Waals surface area contributed by atoms with Gasteiger partial charge in [-0.05, 0) is 37.0 Å². The molecule has 1 aromatic carbocycles. The molecule has 2 atom stereocenters. The Bertz CT molecular complexity index is 663. The average Bonchev–Trinajstić information content (AvgIpc) is 3.37. The molecule has 4 rings (SSSR count). The lowest BCUT2D eigenvalue weighted by molar-refractivity contribution is -0.124. The number of carbonyl (C=O) groups is 2. The molecule has 0 saturated heterocycles. The van der Waals surface area contributed by atoms with Crippen molar-refractivity contribution in [1.29, 1.82) is 0 Å². The Hall–Kier alpha value is -2.04. The molecule has 0 aromatic heterocycles. The summed E-state index contributed by atoms with van der Waals surface area (Å²) in [7, 11) is 1.37. The van der Waals surface area contributed by atoms with Gasteiger partial charge in [0.2, 0.25) is 5.91 Å². The lowest BCUT2D eigenvalue weighted by atomic mass is 9.96. The van der Waals surface area contributed by atoms with E-state index in [1.54, 1.807) is 12.1 Å². The van der Waals surface area contributed by atoms with Crippen LogP contribution >= 0.6 is 0 Å². The van der Waals surface area contributed by atoms with Gasteiger partial charge in [0.15, 0.2) is 0 Å². The molecule has 2 fully saturated rings. The van der Waals surface area contributed by atoms with Crippen molar-refractivity contribution in [2.45, 2.75) is 31.8 Å². The highest BCUT2D eigenvalue weighted by Gasteiger charge is 2.74. The van der Waals surface area contributed by atoms with Gasteiger partial charge in [-0.25, -0.2) is 4.79 Å². The Morgan fingerprint density at radius 3 is 2.77 bits per heavy atom. The van der Waals surface area contributed by atoms with Gasteiger partial charge in [0, 0.05) is 11.5 Å². The Kier molecular flexibility index (Phi) is 2.77. The summed E-state index contributed by atoms with van der Waals surface area (Å²) in [5, 5.41) is 3.03. The van der Waals surface area contributed by atoms with Gasteiger partial charge in [-0.2, -0.15) is 0 Å². The first-order valence-electron chi connectivity index (χ1n) is 7.72. The van der Waals surface area contributed by atoms with E-state index in [0.717, 1.165) is 24.2 Å². The highest BCUT2D eigenvalue weighted by molar-refractivity contribution is 5.90. The van der Waals surface area contributed by atoms with Crippen LogP contribution in [-0.4, -0.2) is 31.6 Å². The third kappa shape index (κ3) is 1.91. The fourth-order valence-corrected chi connectivity index (χ4v) is 3.38. The van der Waals surface area contributed by atoms with E-state index in [1.165, 1.54) is 7.11 Å². The number of rotatable bonds is 4. The molecule has 0 unspecified atom stereocenters. The van der Waals surface area contributed by atoms with E-state index in [-0.39, 0.29) is 29.3 Å². The fraction of sp³-hybridized carbons (Fsp3) is 0.529. The maximum absolute atomic E-state index is 12.1. The predicted molar refractivity (Wildman–Crippen MR) is 78.8 cm³/mol. The van der Waals surface area contributed by atoms with Crippen molar-refractivity contribution in [2.24, 2.45) is 11.3 Å². The molecular formula is C17H19NO4. The van der Waals surface area contributed by atoms with Gasteiger partial charge in [-0.3, -0.25) is 4.79 Å². The molecule has 0 bridgehead atoms. The number of methoxy groups -OCH3 is 1. The molecule has 1 aromatic rings. The highest BCUT2D eigenvalue weighted by Crippen LogP contribution is 2.75. The zero-order valence-electron chi connectivity index (χ0n) is 12.7. The van der Waals surface area contributed by atoms with Crippen molar-refractivity contribution in [3.63, 3.8) is 0 Å². The number of nitrogens with one attached hydrogen (secondary N) is 1. The minimum atomic E-state index is -0.348. The summed E-state index contributed by atoms with van der Waals surface area (Å²) in [5.41, 5.74) is 1.52. The first-order chi connectivity index (χ1) is 10.5. The molecule has 116 valence electrons. The van der Waals surface area contributed by atoms with Crippen LogP contribution in [0.5, 0.6) is 5.75 Å². The van der Waals surface area contributed by atoms with Gasteiger partial charge in [-0.1, -0.05) is 6.92 Å². The molecule has 1 aliphatic heterocycles. The number of amides is 1. The van der Waals surface area contributed by atoms with Crippen LogP contribution in [-0.2, 0) is 9.53 Å². The minimum Gasteiger partial charge on any atom is -0.488 e. The summed E-state index contributed by atoms with van der Waals surface area (Å²) < 4.78 is 10.7. The molecule has 5 nitrogen and oxygen atoms in total. The largest absolute Gasteiger partial charge is 0.488 e. The molecule has 22 heavy (non-hydrogen) atoms. The zero-order chi connectivity index (χ0) is 15.5. The third-order valence-corrected chi connectivity index (χ3v) is 5.36. The SMILES string of the molecule is COC(=O)c1ccc2c(c1)[C@H](C)[C@H](CNC(=O)C13CC1C3)O2. The molecule has 5 heteroatoms. The zero-order valence-corrected chi connectivity index (χ0v) is 12.7. The van der Waals surface area contributed by atoms with Crippen LogP contribution < -0.4 is 10.1 Å². The fourth-order valence-electron chi connectivity index (χ4n) is 3.38. The highest BCUT2D eigenvalue weighted by atomic mass is 16.5. The van der Waals surface area contributed by atoms with Crippen LogP contribution in [0.15, 0.2) is 18.2 Å². The van der Waals surface area contributed by atoms with E-state index in [4.69, 9.17) is 9.47 Å². The molecular weight excluding hydrogens is 282 g/mol. The van der Waals surface area contributed by atoms with E-state index in [1.807, 2.05) is 6.07 Å². The van der Waals surface area contributed by atoms with Crippen molar-refractivity contribution in [2.75, 3.05) is 13.7 Å². The Balaban J connectivity index is 1.43. The van der Waals surface area contributed by atoms with E-state index >= 15 is 0 Å². The Morgan fingerprint density at radius 1 is 1.41 bits per heavy atom. The first kappa shape index (κ1) is 13.6. The second-order valence-electron chi connectivity index (χ2n) is 6.66. The predicted octanol–water partition coefficient (Wildman–Crippen LogP) is 1.86. The number of fused-ring (bicyclic) bond motifs is 2. The summed E-state index contributed by atoms with van der Waals surface area (Å²) in [5.74, 6) is 1.40. The van der Waals surface area contributed by atoms with Gasteiger partial charge in [0.05, 0.1) is 24.6 Å². The standard InChI is InChI=1S/C17H19NO4/c1-9-12-5-10(15(19)21-2)3-4-13(12)22-14(9)8-18-16(20)17-6-11(17)7-17/h3-5,9,11,14H,6-8H2,1-2H3,(H,18,20)/t9-,11?,14-,17?/m0/s1. The van der Waals surface area contributed by atoms with Crippen molar-refractivity contribution in [3.05, 3.63) is 29.3 Å². The van der Waals surface area contributed by atoms with Crippen LogP contribution in [0.25, 0.3) is 0 Å². The summed E-state index contributed by atoms with van der Waals surface area (Å²) >= 11 is 0. The van der Waals surface area contributed by atoms with Gasteiger partial charge in [0.1, 0.15) is 11.9 Å². The van der Waals surface area contributed by atoms with E-state index in [2.05, 4.69) is 12.2 Å². The molecule has 0 radical (unpaired) electrons. The average molecular weight is 301 g/mol. The number of hydrogen-bond acceptors (Lipinski definition) is 4. The Morgan fingerprint density at radius 2 is 2.14 bits per heavy atom. The molecule has 1 amide bonds. The lowest BCUT2D eigenvalue weighted by Gasteiger charge is -2.16. The van der Waals surface area contributed by atoms with E-state index in [9.17, 15) is 9.59 Å². The number of hydrogen-bond donors (Lipinski definition) is 1. The number of carbonyl (C=O) groups excluding carboxylic acids is 2. The van der Waals surface area contributed by atoms with Crippen LogP contribution in [0.1, 0.15) is 41.6 Å². The third-order valence-electron chi connectivity index (χ3n) is 5.36. The van der Waals surface area contributed by atoms with E-state index in [0.29, 0.717) is 18.0 Å². The molecule has 1 N–H and O–H groups in total.